The van der Waals surface area contributed by atoms with Crippen LogP contribution in [0.15, 0.2) is 41.3 Å². The van der Waals surface area contributed by atoms with Crippen LogP contribution in [0.25, 0.3) is 11.0 Å². The largest absolute Gasteiger partial charge is 0.492 e. The maximum atomic E-state index is 12.8. The molecular weight excluding hydrogens is 372 g/mol. The smallest absolute Gasteiger partial charge is 0.264 e. The molecule has 0 radical (unpaired) electrons. The number of benzene rings is 2. The Morgan fingerprint density at radius 2 is 2.00 bits per heavy atom. The van der Waals surface area contributed by atoms with Gasteiger partial charge in [0, 0.05) is 12.6 Å². The van der Waals surface area contributed by atoms with Crippen LogP contribution in [0.5, 0.6) is 5.75 Å². The second kappa shape index (κ2) is 7.56. The predicted molar refractivity (Wildman–Crippen MR) is 103 cm³/mol. The van der Waals surface area contributed by atoms with Gasteiger partial charge in [0.05, 0.1) is 17.4 Å². The van der Waals surface area contributed by atoms with Crippen molar-refractivity contribution in [3.8, 4) is 5.75 Å². The molecule has 0 amide bonds. The number of aromatic nitrogens is 2. The molecular formula is C17H20N4O3S2. The van der Waals surface area contributed by atoms with Gasteiger partial charge in [-0.3, -0.25) is 4.72 Å². The fourth-order valence-electron chi connectivity index (χ4n) is 2.37. The molecule has 1 N–H and O–H groups in total. The Hall–Kier alpha value is -2.23. The molecule has 138 valence electrons. The molecule has 0 unspecified atom stereocenters. The molecule has 0 aliphatic rings. The molecule has 7 nitrogen and oxygen atoms in total. The average Bonchev–Trinajstić information content (AvgIpc) is 3.05. The minimum atomic E-state index is -3.78. The monoisotopic (exact) mass is 392 g/mol. The van der Waals surface area contributed by atoms with Crippen molar-refractivity contribution in [1.82, 2.24) is 13.6 Å². The molecule has 2 aromatic carbocycles. The summed E-state index contributed by atoms with van der Waals surface area (Å²) < 4.78 is 42.1. The molecule has 26 heavy (non-hydrogen) atoms. The Bertz CT molecular complexity index is 1020. The van der Waals surface area contributed by atoms with Gasteiger partial charge in [-0.05, 0) is 44.8 Å². The van der Waals surface area contributed by atoms with Crippen LogP contribution < -0.4 is 9.46 Å². The Labute approximate surface area is 157 Å². The molecule has 9 heteroatoms. The summed E-state index contributed by atoms with van der Waals surface area (Å²) in [5.41, 5.74) is 2.32. The summed E-state index contributed by atoms with van der Waals surface area (Å²) in [4.78, 5) is 2.13. The number of hydrogen-bond acceptors (Lipinski definition) is 7. The third kappa shape index (κ3) is 4.12. The minimum Gasteiger partial charge on any atom is -0.492 e. The van der Waals surface area contributed by atoms with E-state index >= 15 is 0 Å². The van der Waals surface area contributed by atoms with Gasteiger partial charge in [0.2, 0.25) is 0 Å². The Balaban J connectivity index is 1.85. The Morgan fingerprint density at radius 3 is 2.77 bits per heavy atom. The quantitative estimate of drug-likeness (QED) is 0.666. The van der Waals surface area contributed by atoms with E-state index in [-0.39, 0.29) is 4.90 Å². The van der Waals surface area contributed by atoms with E-state index in [0.29, 0.717) is 29.1 Å². The number of aryl methyl sites for hydroxylation is 1. The van der Waals surface area contributed by atoms with E-state index in [2.05, 4.69) is 13.5 Å². The molecule has 0 atom stereocenters. The maximum absolute atomic E-state index is 12.8. The van der Waals surface area contributed by atoms with Crippen LogP contribution >= 0.6 is 11.7 Å². The average molecular weight is 393 g/mol. The fourth-order valence-corrected chi connectivity index (χ4v) is 4.18. The second-order valence-corrected chi connectivity index (χ2v) is 8.30. The molecule has 0 fully saturated rings. The van der Waals surface area contributed by atoms with E-state index in [1.807, 2.05) is 32.0 Å². The SMILES string of the molecule is Cc1ccc(NS(=O)(=O)c2cccc3nsnc23)cc1OCCN(C)C. The lowest BCUT2D eigenvalue weighted by atomic mass is 10.2. The van der Waals surface area contributed by atoms with Crippen molar-refractivity contribution < 1.29 is 13.2 Å². The van der Waals surface area contributed by atoms with Gasteiger partial charge in [0.25, 0.3) is 10.0 Å². The van der Waals surface area contributed by atoms with Gasteiger partial charge in [-0.25, -0.2) is 8.42 Å². The normalized spacial score (nSPS) is 11.8. The van der Waals surface area contributed by atoms with E-state index in [1.165, 1.54) is 6.07 Å². The van der Waals surface area contributed by atoms with Crippen LogP contribution in [0.4, 0.5) is 5.69 Å². The number of rotatable bonds is 7. The van der Waals surface area contributed by atoms with Gasteiger partial charge in [0.1, 0.15) is 28.3 Å². The molecule has 0 saturated carbocycles. The van der Waals surface area contributed by atoms with Crippen LogP contribution in [-0.2, 0) is 10.0 Å². The third-order valence-electron chi connectivity index (χ3n) is 3.77. The van der Waals surface area contributed by atoms with E-state index < -0.39 is 10.0 Å². The highest BCUT2D eigenvalue weighted by atomic mass is 32.2. The number of hydrogen-bond donors (Lipinski definition) is 1. The number of ether oxygens (including phenoxy) is 1. The van der Waals surface area contributed by atoms with Crippen molar-refractivity contribution in [3.05, 3.63) is 42.0 Å². The van der Waals surface area contributed by atoms with Crippen molar-refractivity contribution >= 4 is 38.5 Å². The lowest BCUT2D eigenvalue weighted by Crippen LogP contribution is -2.19. The topological polar surface area (TPSA) is 84.4 Å². The van der Waals surface area contributed by atoms with E-state index in [9.17, 15) is 8.42 Å². The summed E-state index contributed by atoms with van der Waals surface area (Å²) in [6.45, 7) is 3.22. The number of sulfonamides is 1. The highest BCUT2D eigenvalue weighted by Gasteiger charge is 2.20. The first-order valence-electron chi connectivity index (χ1n) is 7.99. The van der Waals surface area contributed by atoms with Gasteiger partial charge >= 0.3 is 0 Å². The van der Waals surface area contributed by atoms with Crippen LogP contribution in [0.1, 0.15) is 5.56 Å². The summed E-state index contributed by atoms with van der Waals surface area (Å²) >= 11 is 0.989. The first kappa shape index (κ1) is 18.6. The van der Waals surface area contributed by atoms with Gasteiger partial charge in [-0.1, -0.05) is 12.1 Å². The fraction of sp³-hybridized carbons (Fsp3) is 0.294. The van der Waals surface area contributed by atoms with Crippen molar-refractivity contribution in [1.29, 1.82) is 0 Å². The first-order valence-corrected chi connectivity index (χ1v) is 10.2. The lowest BCUT2D eigenvalue weighted by molar-refractivity contribution is 0.260. The minimum absolute atomic E-state index is 0.111. The molecule has 0 aliphatic heterocycles. The van der Waals surface area contributed by atoms with Gasteiger partial charge < -0.3 is 9.64 Å². The van der Waals surface area contributed by atoms with Gasteiger partial charge in [-0.2, -0.15) is 8.75 Å². The van der Waals surface area contributed by atoms with Crippen LogP contribution in [0.2, 0.25) is 0 Å². The summed E-state index contributed by atoms with van der Waals surface area (Å²) in [6.07, 6.45) is 0. The molecule has 0 aliphatic carbocycles. The number of nitrogens with zero attached hydrogens (tertiary/aromatic N) is 3. The molecule has 3 aromatic rings. The maximum Gasteiger partial charge on any atom is 0.264 e. The van der Waals surface area contributed by atoms with Gasteiger partial charge in [0.15, 0.2) is 0 Å². The number of nitrogens with one attached hydrogen (secondary N) is 1. The van der Waals surface area contributed by atoms with E-state index in [1.54, 1.807) is 24.3 Å². The summed E-state index contributed by atoms with van der Waals surface area (Å²) in [5, 5.41) is 0. The number of likely N-dealkylation sites (N-methyl/N-ethyl adjacent to an activating group) is 1. The summed E-state index contributed by atoms with van der Waals surface area (Å²) in [5.74, 6) is 0.653. The van der Waals surface area contributed by atoms with Crippen molar-refractivity contribution in [2.75, 3.05) is 32.0 Å². The Morgan fingerprint density at radius 1 is 1.19 bits per heavy atom. The summed E-state index contributed by atoms with van der Waals surface area (Å²) in [7, 11) is 0.151. The molecule has 3 rings (SSSR count). The zero-order valence-electron chi connectivity index (χ0n) is 14.8. The van der Waals surface area contributed by atoms with E-state index in [4.69, 9.17) is 4.74 Å². The van der Waals surface area contributed by atoms with Gasteiger partial charge in [-0.15, -0.1) is 0 Å². The van der Waals surface area contributed by atoms with Crippen molar-refractivity contribution in [2.24, 2.45) is 0 Å². The summed E-state index contributed by atoms with van der Waals surface area (Å²) in [6, 6.07) is 10.2. The highest BCUT2D eigenvalue weighted by molar-refractivity contribution is 7.93. The first-order chi connectivity index (χ1) is 12.4. The highest BCUT2D eigenvalue weighted by Crippen LogP contribution is 2.27. The van der Waals surface area contributed by atoms with E-state index in [0.717, 1.165) is 23.8 Å². The number of fused-ring (bicyclic) bond motifs is 1. The van der Waals surface area contributed by atoms with Crippen molar-refractivity contribution in [2.45, 2.75) is 11.8 Å². The second-order valence-electron chi connectivity index (χ2n) is 6.13. The molecule has 1 heterocycles. The molecule has 1 aromatic heterocycles. The van der Waals surface area contributed by atoms with Crippen molar-refractivity contribution in [3.63, 3.8) is 0 Å². The van der Waals surface area contributed by atoms with Crippen LogP contribution in [0.3, 0.4) is 0 Å². The predicted octanol–water partition coefficient (Wildman–Crippen LogP) is 2.74. The molecule has 0 bridgehead atoms. The Kier molecular flexibility index (Phi) is 5.40. The molecule has 0 spiro atoms. The number of anilines is 1. The standard InChI is InChI=1S/C17H20N4O3S2/c1-12-7-8-13(11-15(12)24-10-9-21(2)3)20-26(22,23)16-6-4-5-14-17(16)19-25-18-14/h4-8,11,20H,9-10H2,1-3H3. The third-order valence-corrected chi connectivity index (χ3v) is 5.73. The lowest BCUT2D eigenvalue weighted by Gasteiger charge is -2.14. The zero-order chi connectivity index (χ0) is 18.7. The van der Waals surface area contributed by atoms with Crippen LogP contribution in [-0.4, -0.2) is 49.3 Å². The molecule has 0 saturated heterocycles. The zero-order valence-corrected chi connectivity index (χ0v) is 16.4. The van der Waals surface area contributed by atoms with Crippen LogP contribution in [0, 0.1) is 6.92 Å².